The molecule has 0 radical (unpaired) electrons. The molecule has 29 heavy (non-hydrogen) atoms. The molecule has 0 saturated carbocycles. The first-order chi connectivity index (χ1) is 12.9. The van der Waals surface area contributed by atoms with Crippen molar-refractivity contribution in [2.45, 2.75) is 60.8 Å². The van der Waals surface area contributed by atoms with Crippen molar-refractivity contribution in [3.8, 4) is 0 Å². The van der Waals surface area contributed by atoms with Crippen molar-refractivity contribution in [3.05, 3.63) is 0 Å². The lowest BCUT2D eigenvalue weighted by molar-refractivity contribution is -0.888. The predicted octanol–water partition coefficient (Wildman–Crippen LogP) is 1.77. The van der Waals surface area contributed by atoms with Gasteiger partial charge in [0.2, 0.25) is 0 Å². The molecule has 0 aliphatic carbocycles. The molecule has 6 nitrogen and oxygen atoms in total. The molecule has 0 fully saturated rings. The molecule has 0 aromatic rings. The standard InChI is InChI=1S/3C7H18N.H3O3PS/c3*1-5-7-8(3,4)6-2;1-4(2,3)5/h3*5-7H2,1-4H3;(H3,1,2,3,5)/q3*+1;/p-3. The molecule has 0 aliphatic rings. The highest BCUT2D eigenvalue weighted by Gasteiger charge is 2.08. The van der Waals surface area contributed by atoms with E-state index in [4.69, 9.17) is 14.7 Å². The van der Waals surface area contributed by atoms with Gasteiger partial charge in [0.15, 0.2) is 0 Å². The van der Waals surface area contributed by atoms with Gasteiger partial charge in [0.25, 0.3) is 0 Å². The second-order valence-electron chi connectivity index (χ2n) is 9.37. The third-order valence-electron chi connectivity index (χ3n) is 5.05. The predicted molar refractivity (Wildman–Crippen MR) is 128 cm³/mol. The Balaban J connectivity index is -0.000000146. The topological polar surface area (TPSA) is 69.2 Å². The Morgan fingerprint density at radius 2 is 0.655 bits per heavy atom. The van der Waals surface area contributed by atoms with Crippen LogP contribution >= 0.6 is 6.72 Å². The zero-order valence-electron chi connectivity index (χ0n) is 21.8. The molecule has 0 aliphatic heterocycles. The van der Waals surface area contributed by atoms with Crippen molar-refractivity contribution in [2.24, 2.45) is 0 Å². The molecule has 8 heteroatoms. The largest absolute Gasteiger partial charge is 0.844 e. The summed E-state index contributed by atoms with van der Waals surface area (Å²) in [7, 11) is 13.6. The van der Waals surface area contributed by atoms with Crippen molar-refractivity contribution >= 4 is 18.5 Å². The van der Waals surface area contributed by atoms with Crippen LogP contribution in [-0.4, -0.2) is 95.0 Å². The first kappa shape index (κ1) is 36.8. The molecule has 0 rings (SSSR count). The van der Waals surface area contributed by atoms with Crippen molar-refractivity contribution in [1.82, 2.24) is 0 Å². The Morgan fingerprint density at radius 1 is 0.517 bits per heavy atom. The van der Waals surface area contributed by atoms with Crippen LogP contribution in [0.5, 0.6) is 0 Å². The highest BCUT2D eigenvalue weighted by Crippen LogP contribution is 2.04. The maximum Gasteiger partial charge on any atom is 0.0779 e. The van der Waals surface area contributed by atoms with Gasteiger partial charge >= 0.3 is 0 Å². The fourth-order valence-electron chi connectivity index (χ4n) is 2.29. The van der Waals surface area contributed by atoms with Gasteiger partial charge in [-0.2, -0.15) is 11.8 Å². The monoisotopic (exact) mass is 459 g/mol. The molecule has 0 unspecified atom stereocenters. The zero-order chi connectivity index (χ0) is 24.4. The van der Waals surface area contributed by atoms with Gasteiger partial charge < -0.3 is 34.8 Å². The van der Waals surface area contributed by atoms with Gasteiger partial charge in [0, 0.05) is 0 Å². The van der Waals surface area contributed by atoms with E-state index in [2.05, 4.69) is 95.6 Å². The Morgan fingerprint density at radius 3 is 0.690 bits per heavy atom. The Labute approximate surface area is 189 Å². The van der Waals surface area contributed by atoms with Crippen molar-refractivity contribution in [2.75, 3.05) is 81.6 Å². The minimum atomic E-state index is -4.56. The minimum absolute atomic E-state index is 1.16. The quantitative estimate of drug-likeness (QED) is 0.389. The summed E-state index contributed by atoms with van der Waals surface area (Å²) >= 11 is 3.27. The van der Waals surface area contributed by atoms with E-state index in [9.17, 15) is 0 Å². The molecule has 0 N–H and O–H groups in total. The molecule has 0 spiro atoms. The Hall–Kier alpha value is 0.410. The van der Waals surface area contributed by atoms with Crippen molar-refractivity contribution in [3.63, 3.8) is 0 Å². The van der Waals surface area contributed by atoms with E-state index >= 15 is 0 Å². The summed E-state index contributed by atoms with van der Waals surface area (Å²) in [5.41, 5.74) is 0. The highest BCUT2D eigenvalue weighted by molar-refractivity contribution is 8.04. The molecule has 0 aromatic heterocycles. The van der Waals surface area contributed by atoms with Crippen LogP contribution in [0.1, 0.15) is 60.8 Å². The molecule has 182 valence electrons. The second kappa shape index (κ2) is 19.1. The van der Waals surface area contributed by atoms with E-state index < -0.39 is 6.72 Å². The van der Waals surface area contributed by atoms with Gasteiger partial charge in [-0.05, 0) is 40.0 Å². The lowest BCUT2D eigenvalue weighted by Gasteiger charge is -2.43. The SMILES string of the molecule is CCC[N+](C)(C)CC.CCC[N+](C)(C)CC.CCC[N+](C)(C)CC.[O-]P([O-])([O-])=S. The molecule has 0 atom stereocenters. The molecule has 0 saturated heterocycles. The van der Waals surface area contributed by atoms with Crippen LogP contribution in [0.4, 0.5) is 0 Å². The van der Waals surface area contributed by atoms with E-state index in [0.29, 0.717) is 0 Å². The van der Waals surface area contributed by atoms with Crippen LogP contribution in [-0.2, 0) is 11.8 Å². The number of hydrogen-bond donors (Lipinski definition) is 0. The summed E-state index contributed by atoms with van der Waals surface area (Å²) in [6.07, 6.45) is 3.88. The van der Waals surface area contributed by atoms with E-state index in [1.54, 1.807) is 0 Å². The van der Waals surface area contributed by atoms with Gasteiger partial charge in [0.05, 0.1) is 81.6 Å². The number of quaternary nitrogens is 3. The summed E-state index contributed by atoms with van der Waals surface area (Å²) in [6.45, 7) is 16.5. The van der Waals surface area contributed by atoms with Crippen LogP contribution in [0.2, 0.25) is 0 Å². The van der Waals surface area contributed by atoms with Crippen LogP contribution in [0.25, 0.3) is 0 Å². The highest BCUT2D eigenvalue weighted by atomic mass is 32.5. The van der Waals surface area contributed by atoms with Crippen molar-refractivity contribution in [1.29, 1.82) is 0 Å². The van der Waals surface area contributed by atoms with Gasteiger partial charge in [-0.1, -0.05) is 20.8 Å². The number of hydrogen-bond acceptors (Lipinski definition) is 4. The summed E-state index contributed by atoms with van der Waals surface area (Å²) in [4.78, 5) is 26.8. The van der Waals surface area contributed by atoms with E-state index in [1.807, 2.05) is 0 Å². The van der Waals surface area contributed by atoms with Crippen LogP contribution in [0, 0.1) is 0 Å². The van der Waals surface area contributed by atoms with E-state index in [0.717, 1.165) is 13.4 Å². The molecule has 0 bridgehead atoms. The summed E-state index contributed by atoms with van der Waals surface area (Å²) < 4.78 is 3.49. The third kappa shape index (κ3) is 43.2. The maximum absolute atomic E-state index is 8.92. The third-order valence-corrected chi connectivity index (χ3v) is 5.05. The first-order valence-electron chi connectivity index (χ1n) is 11.1. The van der Waals surface area contributed by atoms with Crippen LogP contribution in [0.3, 0.4) is 0 Å². The lowest BCUT2D eigenvalue weighted by atomic mass is 10.4. The second-order valence-corrected chi connectivity index (χ2v) is 11.6. The van der Waals surface area contributed by atoms with Gasteiger partial charge in [-0.15, -0.1) is 0 Å². The first-order valence-corrected chi connectivity index (χ1v) is 13.6. The zero-order valence-corrected chi connectivity index (χ0v) is 23.5. The molecular weight excluding hydrogens is 405 g/mol. The fourth-order valence-corrected chi connectivity index (χ4v) is 2.29. The number of rotatable bonds is 9. The average Bonchev–Trinajstić information content (AvgIpc) is 2.54. The smallest absolute Gasteiger partial charge is 0.0779 e. The van der Waals surface area contributed by atoms with Gasteiger partial charge in [-0.25, -0.2) is 0 Å². The van der Waals surface area contributed by atoms with E-state index in [1.165, 1.54) is 58.5 Å². The molecule has 0 amide bonds. The summed E-state index contributed by atoms with van der Waals surface area (Å²) in [5, 5.41) is 0. The average molecular weight is 460 g/mol. The van der Waals surface area contributed by atoms with Gasteiger partial charge in [-0.3, -0.25) is 0 Å². The number of nitrogens with zero attached hydrogens (tertiary/aromatic N) is 3. The molecular formula is C21H54N3O3PS. The lowest BCUT2D eigenvalue weighted by Crippen LogP contribution is -2.39. The molecule has 0 heterocycles. The van der Waals surface area contributed by atoms with Crippen LogP contribution < -0.4 is 14.7 Å². The Bertz CT molecular complexity index is 350. The minimum Gasteiger partial charge on any atom is -0.844 e. The Kier molecular flexibility index (Phi) is 24.2. The normalized spacial score (nSPS) is 12.0. The maximum atomic E-state index is 8.92. The fraction of sp³-hybridized carbons (Fsp3) is 1.00. The van der Waals surface area contributed by atoms with E-state index in [-0.39, 0.29) is 0 Å². The van der Waals surface area contributed by atoms with Crippen molar-refractivity contribution < 1.29 is 28.1 Å². The summed E-state index contributed by atoms with van der Waals surface area (Å²) in [6, 6.07) is 0. The molecule has 0 aromatic carbocycles. The van der Waals surface area contributed by atoms with Crippen LogP contribution in [0.15, 0.2) is 0 Å². The summed E-state index contributed by atoms with van der Waals surface area (Å²) in [5.74, 6) is 0. The van der Waals surface area contributed by atoms with Gasteiger partial charge in [0.1, 0.15) is 0 Å².